The number of nitrogens with zero attached hydrogens (tertiary/aromatic N) is 3. The van der Waals surface area contributed by atoms with Gasteiger partial charge in [0.05, 0.1) is 10.5 Å². The lowest BCUT2D eigenvalue weighted by Gasteiger charge is -2.21. The average Bonchev–Trinajstić information content (AvgIpc) is 2.86. The van der Waals surface area contributed by atoms with Crippen LogP contribution in [0.5, 0.6) is 0 Å². The molecule has 1 saturated heterocycles. The number of halogens is 1. The van der Waals surface area contributed by atoms with Gasteiger partial charge in [-0.3, -0.25) is 4.79 Å². The summed E-state index contributed by atoms with van der Waals surface area (Å²) in [4.78, 5) is 14.3. The van der Waals surface area contributed by atoms with Crippen molar-refractivity contribution in [3.63, 3.8) is 0 Å². The number of hydrogen-bond donors (Lipinski definition) is 0. The molecule has 0 aliphatic carbocycles. The van der Waals surface area contributed by atoms with E-state index in [1.165, 1.54) is 16.4 Å². The predicted molar refractivity (Wildman–Crippen MR) is 91.1 cm³/mol. The number of carbonyl (C=O) groups excluding carboxylic acids is 1. The summed E-state index contributed by atoms with van der Waals surface area (Å²) in [5, 5.41) is 0. The second kappa shape index (κ2) is 6.97. The molecule has 0 saturated carbocycles. The van der Waals surface area contributed by atoms with E-state index in [1.54, 1.807) is 27.9 Å². The molecule has 1 aliphatic rings. The van der Waals surface area contributed by atoms with Gasteiger partial charge in [-0.25, -0.2) is 12.8 Å². The van der Waals surface area contributed by atoms with E-state index in [4.69, 9.17) is 0 Å². The largest absolute Gasteiger partial charge is 0.356 e. The molecular weight excluding hydrogens is 345 g/mol. The summed E-state index contributed by atoms with van der Waals surface area (Å²) >= 11 is 0. The van der Waals surface area contributed by atoms with Crippen LogP contribution in [0.2, 0.25) is 0 Å². The first-order chi connectivity index (χ1) is 11.9. The summed E-state index contributed by atoms with van der Waals surface area (Å²) < 4.78 is 41.6. The molecule has 1 fully saturated rings. The van der Waals surface area contributed by atoms with Crippen molar-refractivity contribution in [3.05, 3.63) is 54.1 Å². The highest BCUT2D eigenvalue weighted by Gasteiger charge is 2.28. The smallest absolute Gasteiger partial charge is 0.255 e. The van der Waals surface area contributed by atoms with Crippen LogP contribution in [0.4, 0.5) is 4.39 Å². The number of sulfonamides is 1. The summed E-state index contributed by atoms with van der Waals surface area (Å²) in [5.74, 6) is -0.573. The lowest BCUT2D eigenvalue weighted by molar-refractivity contribution is 0.0764. The van der Waals surface area contributed by atoms with E-state index in [-0.39, 0.29) is 17.3 Å². The molecule has 1 aromatic heterocycles. The fraction of sp³-hybridized carbons (Fsp3) is 0.353. The second-order valence-corrected chi connectivity index (χ2v) is 8.01. The van der Waals surface area contributed by atoms with Crippen molar-refractivity contribution < 1.29 is 17.6 Å². The minimum atomic E-state index is -3.69. The van der Waals surface area contributed by atoms with Gasteiger partial charge in [-0.1, -0.05) is 0 Å². The highest BCUT2D eigenvalue weighted by atomic mass is 32.2. The molecule has 2 aromatic rings. The van der Waals surface area contributed by atoms with Crippen molar-refractivity contribution in [2.75, 3.05) is 26.2 Å². The molecule has 0 N–H and O–H groups in total. The van der Waals surface area contributed by atoms with Crippen molar-refractivity contribution in [2.45, 2.75) is 11.3 Å². The van der Waals surface area contributed by atoms with Crippen molar-refractivity contribution in [3.8, 4) is 0 Å². The van der Waals surface area contributed by atoms with Gasteiger partial charge >= 0.3 is 0 Å². The molecule has 1 aliphatic heterocycles. The van der Waals surface area contributed by atoms with Crippen LogP contribution in [0.3, 0.4) is 0 Å². The van der Waals surface area contributed by atoms with Crippen molar-refractivity contribution >= 4 is 15.9 Å². The van der Waals surface area contributed by atoms with Crippen LogP contribution in [-0.4, -0.2) is 54.3 Å². The first kappa shape index (κ1) is 17.6. The van der Waals surface area contributed by atoms with Crippen LogP contribution in [0.1, 0.15) is 16.8 Å². The Morgan fingerprint density at radius 1 is 1.04 bits per heavy atom. The van der Waals surface area contributed by atoms with Gasteiger partial charge in [0.1, 0.15) is 5.82 Å². The van der Waals surface area contributed by atoms with E-state index in [2.05, 4.69) is 0 Å². The summed E-state index contributed by atoms with van der Waals surface area (Å²) in [6.45, 7) is 1.38. The molecule has 1 amide bonds. The average molecular weight is 365 g/mol. The van der Waals surface area contributed by atoms with Crippen LogP contribution in [0.25, 0.3) is 0 Å². The van der Waals surface area contributed by atoms with Crippen molar-refractivity contribution in [1.82, 2.24) is 13.8 Å². The van der Waals surface area contributed by atoms with Gasteiger partial charge in [-0.15, -0.1) is 0 Å². The Kier molecular flexibility index (Phi) is 4.91. The third-order valence-corrected chi connectivity index (χ3v) is 6.19. The highest BCUT2D eigenvalue weighted by molar-refractivity contribution is 7.89. The minimum absolute atomic E-state index is 0.0664. The highest BCUT2D eigenvalue weighted by Crippen LogP contribution is 2.19. The number of aromatic nitrogens is 1. The number of rotatable bonds is 3. The van der Waals surface area contributed by atoms with E-state index in [0.717, 1.165) is 12.1 Å². The Bertz CT molecular complexity index is 862. The Morgan fingerprint density at radius 2 is 1.76 bits per heavy atom. The SMILES string of the molecule is Cn1ccc(C(=O)N2CCCN(S(=O)(=O)c3ccc(F)cc3)CC2)c1. The molecule has 8 heteroatoms. The number of carbonyl (C=O) groups is 1. The minimum Gasteiger partial charge on any atom is -0.356 e. The number of hydrogen-bond acceptors (Lipinski definition) is 3. The zero-order chi connectivity index (χ0) is 18.0. The molecule has 6 nitrogen and oxygen atoms in total. The topological polar surface area (TPSA) is 62.6 Å². The molecule has 1 aromatic carbocycles. The van der Waals surface area contributed by atoms with Crippen LogP contribution in [0, 0.1) is 5.82 Å². The molecule has 0 bridgehead atoms. The Balaban J connectivity index is 1.73. The lowest BCUT2D eigenvalue weighted by Crippen LogP contribution is -2.37. The van der Waals surface area contributed by atoms with E-state index < -0.39 is 15.8 Å². The normalized spacial score (nSPS) is 16.6. The van der Waals surface area contributed by atoms with Crippen LogP contribution < -0.4 is 0 Å². The molecule has 25 heavy (non-hydrogen) atoms. The molecule has 0 atom stereocenters. The van der Waals surface area contributed by atoms with Gasteiger partial charge in [0.15, 0.2) is 0 Å². The fourth-order valence-corrected chi connectivity index (χ4v) is 4.37. The van der Waals surface area contributed by atoms with Gasteiger partial charge in [0, 0.05) is 45.6 Å². The van der Waals surface area contributed by atoms with Crippen LogP contribution in [-0.2, 0) is 17.1 Å². The lowest BCUT2D eigenvalue weighted by atomic mass is 10.3. The van der Waals surface area contributed by atoms with E-state index in [1.807, 2.05) is 7.05 Å². The maximum atomic E-state index is 13.0. The Morgan fingerprint density at radius 3 is 2.40 bits per heavy atom. The van der Waals surface area contributed by atoms with Crippen molar-refractivity contribution in [1.29, 1.82) is 0 Å². The number of benzene rings is 1. The molecule has 0 unspecified atom stereocenters. The molecule has 3 rings (SSSR count). The summed E-state index contributed by atoms with van der Waals surface area (Å²) in [5.41, 5.74) is 0.595. The first-order valence-corrected chi connectivity index (χ1v) is 9.49. The monoisotopic (exact) mass is 365 g/mol. The van der Waals surface area contributed by atoms with Gasteiger partial charge in [0.25, 0.3) is 5.91 Å². The standard InChI is InChI=1S/C17H20FN3O3S/c1-19-10-7-14(13-19)17(22)20-8-2-9-21(12-11-20)25(23,24)16-5-3-15(18)4-6-16/h3-7,10,13H,2,8-9,11-12H2,1H3. The molecule has 2 heterocycles. The second-order valence-electron chi connectivity index (χ2n) is 6.07. The van der Waals surface area contributed by atoms with Crippen LogP contribution in [0.15, 0.2) is 47.6 Å². The fourth-order valence-electron chi connectivity index (χ4n) is 2.91. The third kappa shape index (κ3) is 3.74. The maximum absolute atomic E-state index is 13.0. The number of aryl methyl sites for hydroxylation is 1. The Labute approximate surface area is 146 Å². The van der Waals surface area contributed by atoms with Gasteiger partial charge in [-0.05, 0) is 36.8 Å². The summed E-state index contributed by atoms with van der Waals surface area (Å²) in [7, 11) is -1.84. The van der Waals surface area contributed by atoms with Gasteiger partial charge < -0.3 is 9.47 Å². The van der Waals surface area contributed by atoms with Gasteiger partial charge in [-0.2, -0.15) is 4.31 Å². The Hall–Kier alpha value is -2.19. The van der Waals surface area contributed by atoms with Crippen molar-refractivity contribution in [2.24, 2.45) is 7.05 Å². The van der Waals surface area contributed by atoms with Gasteiger partial charge in [0.2, 0.25) is 10.0 Å². The maximum Gasteiger partial charge on any atom is 0.255 e. The number of amides is 1. The molecule has 0 radical (unpaired) electrons. The molecule has 0 spiro atoms. The summed E-state index contributed by atoms with van der Waals surface area (Å²) in [6, 6.07) is 6.55. The zero-order valence-electron chi connectivity index (χ0n) is 13.9. The predicted octanol–water partition coefficient (Wildman–Crippen LogP) is 1.70. The van der Waals surface area contributed by atoms with E-state index >= 15 is 0 Å². The molecular formula is C17H20FN3O3S. The zero-order valence-corrected chi connectivity index (χ0v) is 14.7. The molecule has 134 valence electrons. The van der Waals surface area contributed by atoms with E-state index in [9.17, 15) is 17.6 Å². The van der Waals surface area contributed by atoms with Crippen LogP contribution >= 0.6 is 0 Å². The van der Waals surface area contributed by atoms with E-state index in [0.29, 0.717) is 31.6 Å². The third-order valence-electron chi connectivity index (χ3n) is 4.27. The summed E-state index contributed by atoms with van der Waals surface area (Å²) in [6.07, 6.45) is 4.11. The first-order valence-electron chi connectivity index (χ1n) is 8.05. The quantitative estimate of drug-likeness (QED) is 0.832.